The fourth-order valence-electron chi connectivity index (χ4n) is 5.11. The fraction of sp³-hybridized carbons (Fsp3) is 0.528. The Bertz CT molecular complexity index is 1380. The number of carbonyl (C=O) groups is 5. The summed E-state index contributed by atoms with van der Waals surface area (Å²) in [6.07, 6.45) is -0.524. The highest BCUT2D eigenvalue weighted by Crippen LogP contribution is 2.27. The minimum atomic E-state index is -1.23. The number of aryl methyl sites for hydroxylation is 2. The van der Waals surface area contributed by atoms with Gasteiger partial charge in [0.1, 0.15) is 29.3 Å². The van der Waals surface area contributed by atoms with Crippen molar-refractivity contribution >= 4 is 29.8 Å². The topological polar surface area (TPSA) is 157 Å². The largest absolute Gasteiger partial charge is 0.458 e. The molecule has 47 heavy (non-hydrogen) atoms. The number of hydrogen-bond acceptors (Lipinski definition) is 7. The lowest BCUT2D eigenvalue weighted by molar-refractivity contribution is -0.159. The van der Waals surface area contributed by atoms with Gasteiger partial charge in [-0.05, 0) is 79.4 Å². The average molecular weight is 653 g/mol. The zero-order valence-electron chi connectivity index (χ0n) is 29.3. The lowest BCUT2D eigenvalue weighted by Gasteiger charge is -2.35. The number of nitrogens with one attached hydrogen (secondary N) is 2. The van der Waals surface area contributed by atoms with Crippen molar-refractivity contribution < 1.29 is 33.4 Å². The van der Waals surface area contributed by atoms with Gasteiger partial charge in [-0.15, -0.1) is 0 Å². The van der Waals surface area contributed by atoms with Gasteiger partial charge in [-0.1, -0.05) is 66.6 Å². The predicted molar refractivity (Wildman–Crippen MR) is 180 cm³/mol. The van der Waals surface area contributed by atoms with Crippen LogP contribution in [-0.2, 0) is 35.1 Å². The minimum Gasteiger partial charge on any atom is -0.458 e. The van der Waals surface area contributed by atoms with Crippen LogP contribution in [0.5, 0.6) is 0 Å². The molecule has 2 aromatic carbocycles. The zero-order valence-corrected chi connectivity index (χ0v) is 29.3. The van der Waals surface area contributed by atoms with E-state index >= 15 is 0 Å². The Hall–Kier alpha value is -4.41. The zero-order chi connectivity index (χ0) is 35.5. The van der Waals surface area contributed by atoms with Gasteiger partial charge in [0.05, 0.1) is 0 Å². The maximum absolute atomic E-state index is 14.5. The van der Waals surface area contributed by atoms with Crippen LogP contribution in [0.1, 0.15) is 96.0 Å². The molecule has 0 aliphatic heterocycles. The first kappa shape index (κ1) is 38.8. The van der Waals surface area contributed by atoms with E-state index in [1.807, 2.05) is 69.3 Å². The molecule has 0 radical (unpaired) electrons. The Morgan fingerprint density at radius 2 is 1.40 bits per heavy atom. The van der Waals surface area contributed by atoms with Gasteiger partial charge in [0, 0.05) is 19.4 Å². The standard InChI is InChI=1S/C36H52N4O7/c1-10-18-40(32(43)27(16-17-29(37)41)39-34(45)47-36(7,8)9)30(26-20-23(2)19-24(3)21-26)31(42)38-28(33(44)46-35(4,5)6)22-25-14-12-11-13-15-25/h11-15,19-21,27-28,30H,10,16-18,22H2,1-9H3,(H2,37,41)(H,38,42)(H,39,45). The van der Waals surface area contributed by atoms with Crippen molar-refractivity contribution in [1.29, 1.82) is 0 Å². The van der Waals surface area contributed by atoms with Crippen LogP contribution in [-0.4, -0.2) is 64.5 Å². The van der Waals surface area contributed by atoms with E-state index in [4.69, 9.17) is 15.2 Å². The second kappa shape index (κ2) is 16.9. The van der Waals surface area contributed by atoms with Crippen LogP contribution in [0.4, 0.5) is 4.79 Å². The van der Waals surface area contributed by atoms with E-state index in [-0.39, 0.29) is 25.8 Å². The lowest BCUT2D eigenvalue weighted by Crippen LogP contribution is -2.55. The SMILES string of the molecule is CCCN(C(=O)C(CCC(N)=O)NC(=O)OC(C)(C)C)C(C(=O)NC(Cc1ccccc1)C(=O)OC(C)(C)C)c1cc(C)cc(C)c1. The van der Waals surface area contributed by atoms with Gasteiger partial charge in [-0.3, -0.25) is 14.4 Å². The molecule has 0 saturated carbocycles. The third kappa shape index (κ3) is 13.5. The number of nitrogens with zero attached hydrogens (tertiary/aromatic N) is 1. The first-order valence-electron chi connectivity index (χ1n) is 16.0. The molecule has 0 aliphatic rings. The molecule has 3 unspecified atom stereocenters. The normalized spacial score (nSPS) is 13.5. The van der Waals surface area contributed by atoms with Crippen LogP contribution < -0.4 is 16.4 Å². The highest BCUT2D eigenvalue weighted by Gasteiger charge is 2.38. The van der Waals surface area contributed by atoms with E-state index in [2.05, 4.69) is 10.6 Å². The lowest BCUT2D eigenvalue weighted by atomic mass is 9.97. The van der Waals surface area contributed by atoms with Gasteiger partial charge in [0.15, 0.2) is 0 Å². The van der Waals surface area contributed by atoms with Crippen molar-refractivity contribution in [3.8, 4) is 0 Å². The van der Waals surface area contributed by atoms with Gasteiger partial charge in [0.2, 0.25) is 17.7 Å². The molecular formula is C36H52N4O7. The molecule has 4 amide bonds. The Morgan fingerprint density at radius 3 is 1.91 bits per heavy atom. The number of esters is 1. The number of carbonyl (C=O) groups excluding carboxylic acids is 5. The van der Waals surface area contributed by atoms with E-state index < -0.39 is 59.1 Å². The highest BCUT2D eigenvalue weighted by atomic mass is 16.6. The average Bonchev–Trinajstić information content (AvgIpc) is 2.92. The van der Waals surface area contributed by atoms with Crippen molar-refractivity contribution in [3.63, 3.8) is 0 Å². The van der Waals surface area contributed by atoms with Crippen LogP contribution in [0.15, 0.2) is 48.5 Å². The Balaban J connectivity index is 2.63. The van der Waals surface area contributed by atoms with E-state index in [9.17, 15) is 24.0 Å². The first-order valence-corrected chi connectivity index (χ1v) is 16.0. The summed E-state index contributed by atoms with van der Waals surface area (Å²) in [7, 11) is 0. The number of ether oxygens (including phenoxy) is 2. The molecule has 258 valence electrons. The highest BCUT2D eigenvalue weighted by molar-refractivity contribution is 5.94. The third-order valence-electron chi connectivity index (χ3n) is 6.83. The van der Waals surface area contributed by atoms with E-state index in [1.165, 1.54) is 4.90 Å². The van der Waals surface area contributed by atoms with Gasteiger partial charge >= 0.3 is 12.1 Å². The molecule has 3 atom stereocenters. The maximum atomic E-state index is 14.5. The number of alkyl carbamates (subject to hydrolysis) is 1. The second-order valence-electron chi connectivity index (χ2n) is 13.8. The summed E-state index contributed by atoms with van der Waals surface area (Å²) in [5.41, 5.74) is 6.82. The van der Waals surface area contributed by atoms with Gasteiger partial charge in [0.25, 0.3) is 0 Å². The Labute approximate surface area is 278 Å². The molecule has 4 N–H and O–H groups in total. The second-order valence-corrected chi connectivity index (χ2v) is 13.8. The summed E-state index contributed by atoms with van der Waals surface area (Å²) < 4.78 is 11.1. The summed E-state index contributed by atoms with van der Waals surface area (Å²) in [6.45, 7) is 16.1. The molecule has 0 saturated heterocycles. The molecule has 2 aromatic rings. The van der Waals surface area contributed by atoms with Crippen LogP contribution in [0.3, 0.4) is 0 Å². The molecule has 0 aliphatic carbocycles. The summed E-state index contributed by atoms with van der Waals surface area (Å²) in [5, 5.41) is 5.47. The smallest absolute Gasteiger partial charge is 0.408 e. The number of rotatable bonds is 14. The molecule has 0 spiro atoms. The summed E-state index contributed by atoms with van der Waals surface area (Å²) >= 11 is 0. The molecular weight excluding hydrogens is 600 g/mol. The summed E-state index contributed by atoms with van der Waals surface area (Å²) in [6, 6.07) is 11.3. The van der Waals surface area contributed by atoms with Gasteiger partial charge in [-0.25, -0.2) is 9.59 Å². The molecule has 0 aromatic heterocycles. The summed E-state index contributed by atoms with van der Waals surface area (Å²) in [5.74, 6) is -2.47. The monoisotopic (exact) mass is 652 g/mol. The number of benzene rings is 2. The predicted octanol–water partition coefficient (Wildman–Crippen LogP) is 4.81. The molecule has 11 heteroatoms. The number of nitrogens with two attached hydrogens (primary N) is 1. The minimum absolute atomic E-state index is 0.108. The third-order valence-corrected chi connectivity index (χ3v) is 6.83. The van der Waals surface area contributed by atoms with Crippen LogP contribution in [0, 0.1) is 13.8 Å². The quantitative estimate of drug-likeness (QED) is 0.247. The molecule has 11 nitrogen and oxygen atoms in total. The Kier molecular flexibility index (Phi) is 14.0. The number of hydrogen-bond donors (Lipinski definition) is 3. The fourth-order valence-corrected chi connectivity index (χ4v) is 5.11. The molecule has 0 fully saturated rings. The van der Waals surface area contributed by atoms with Gasteiger partial charge in [-0.2, -0.15) is 0 Å². The number of primary amides is 1. The van der Waals surface area contributed by atoms with Crippen LogP contribution in [0.25, 0.3) is 0 Å². The van der Waals surface area contributed by atoms with Crippen LogP contribution >= 0.6 is 0 Å². The van der Waals surface area contributed by atoms with Crippen molar-refractivity contribution in [2.45, 2.75) is 117 Å². The number of amides is 4. The van der Waals surface area contributed by atoms with Gasteiger partial charge < -0.3 is 30.7 Å². The van der Waals surface area contributed by atoms with Crippen LogP contribution in [0.2, 0.25) is 0 Å². The van der Waals surface area contributed by atoms with E-state index in [0.29, 0.717) is 12.0 Å². The molecule has 0 bridgehead atoms. The maximum Gasteiger partial charge on any atom is 0.408 e. The van der Waals surface area contributed by atoms with Crippen molar-refractivity contribution in [1.82, 2.24) is 15.5 Å². The summed E-state index contributed by atoms with van der Waals surface area (Å²) in [4.78, 5) is 68.2. The van der Waals surface area contributed by atoms with Crippen molar-refractivity contribution in [3.05, 3.63) is 70.8 Å². The van der Waals surface area contributed by atoms with Crippen molar-refractivity contribution in [2.24, 2.45) is 5.73 Å². The Morgan fingerprint density at radius 1 is 0.830 bits per heavy atom. The molecule has 0 heterocycles. The van der Waals surface area contributed by atoms with Crippen molar-refractivity contribution in [2.75, 3.05) is 6.54 Å². The van der Waals surface area contributed by atoms with E-state index in [0.717, 1.165) is 16.7 Å². The van der Waals surface area contributed by atoms with E-state index in [1.54, 1.807) is 41.5 Å². The molecule has 2 rings (SSSR count). The first-order chi connectivity index (χ1) is 21.8.